The van der Waals surface area contributed by atoms with Crippen LogP contribution in [0.15, 0.2) is 24.5 Å². The van der Waals surface area contributed by atoms with E-state index < -0.39 is 0 Å². The SMILES string of the molecule is C[C@H](NC(=O)CCC1CCNC1)c1cccnc1.Cl.Cl. The van der Waals surface area contributed by atoms with Crippen LogP contribution in [0.25, 0.3) is 0 Å². The van der Waals surface area contributed by atoms with Gasteiger partial charge < -0.3 is 10.6 Å². The third kappa shape index (κ3) is 6.07. The molecule has 1 aromatic heterocycles. The number of hydrogen-bond donors (Lipinski definition) is 2. The predicted molar refractivity (Wildman–Crippen MR) is 85.5 cm³/mol. The van der Waals surface area contributed by atoms with Crippen LogP contribution in [-0.2, 0) is 4.79 Å². The Labute approximate surface area is 132 Å². The monoisotopic (exact) mass is 319 g/mol. The second kappa shape index (κ2) is 9.97. The maximum atomic E-state index is 11.8. The van der Waals surface area contributed by atoms with Crippen LogP contribution in [0.3, 0.4) is 0 Å². The molecule has 2 N–H and O–H groups in total. The molecule has 4 nitrogen and oxygen atoms in total. The van der Waals surface area contributed by atoms with E-state index in [9.17, 15) is 4.79 Å². The smallest absolute Gasteiger partial charge is 0.220 e. The van der Waals surface area contributed by atoms with Crippen LogP contribution in [0.2, 0.25) is 0 Å². The molecule has 0 aromatic carbocycles. The molecule has 2 atom stereocenters. The Morgan fingerprint density at radius 3 is 2.95 bits per heavy atom. The summed E-state index contributed by atoms with van der Waals surface area (Å²) in [5.74, 6) is 0.808. The van der Waals surface area contributed by atoms with Crippen LogP contribution < -0.4 is 10.6 Å². The second-order valence-corrected chi connectivity index (χ2v) is 4.97. The van der Waals surface area contributed by atoms with Crippen molar-refractivity contribution in [1.82, 2.24) is 15.6 Å². The van der Waals surface area contributed by atoms with Crippen LogP contribution >= 0.6 is 24.8 Å². The Balaban J connectivity index is 0.00000180. The zero-order chi connectivity index (χ0) is 12.8. The lowest BCUT2D eigenvalue weighted by molar-refractivity contribution is -0.122. The average Bonchev–Trinajstić information content (AvgIpc) is 2.90. The van der Waals surface area contributed by atoms with Crippen LogP contribution in [0.4, 0.5) is 0 Å². The first-order chi connectivity index (χ1) is 8.75. The molecule has 1 amide bonds. The molecule has 0 bridgehead atoms. The first-order valence-electron chi connectivity index (χ1n) is 6.65. The van der Waals surface area contributed by atoms with Crippen LogP contribution in [0.5, 0.6) is 0 Å². The van der Waals surface area contributed by atoms with E-state index in [1.54, 1.807) is 12.4 Å². The fourth-order valence-electron chi connectivity index (χ4n) is 2.33. The highest BCUT2D eigenvalue weighted by molar-refractivity contribution is 5.85. The van der Waals surface area contributed by atoms with Gasteiger partial charge in [-0.3, -0.25) is 9.78 Å². The summed E-state index contributed by atoms with van der Waals surface area (Å²) >= 11 is 0. The van der Waals surface area contributed by atoms with Crippen molar-refractivity contribution in [3.8, 4) is 0 Å². The van der Waals surface area contributed by atoms with Gasteiger partial charge in [-0.1, -0.05) is 6.07 Å². The summed E-state index contributed by atoms with van der Waals surface area (Å²) < 4.78 is 0. The Morgan fingerprint density at radius 1 is 1.55 bits per heavy atom. The van der Waals surface area contributed by atoms with Gasteiger partial charge >= 0.3 is 0 Å². The molecule has 0 aliphatic carbocycles. The zero-order valence-corrected chi connectivity index (χ0v) is 13.3. The van der Waals surface area contributed by atoms with Crippen molar-refractivity contribution in [2.45, 2.75) is 32.2 Å². The lowest BCUT2D eigenvalue weighted by atomic mass is 10.0. The van der Waals surface area contributed by atoms with Gasteiger partial charge in [-0.2, -0.15) is 0 Å². The molecule has 2 rings (SSSR count). The number of carbonyl (C=O) groups excluding carboxylic acids is 1. The van der Waals surface area contributed by atoms with E-state index in [0.29, 0.717) is 12.3 Å². The zero-order valence-electron chi connectivity index (χ0n) is 11.7. The van der Waals surface area contributed by atoms with Crippen molar-refractivity contribution in [2.75, 3.05) is 13.1 Å². The van der Waals surface area contributed by atoms with Gasteiger partial charge in [0.15, 0.2) is 0 Å². The molecule has 1 unspecified atom stereocenters. The molecule has 2 heterocycles. The highest BCUT2D eigenvalue weighted by Crippen LogP contribution is 2.15. The van der Waals surface area contributed by atoms with Gasteiger partial charge in [-0.15, -0.1) is 24.8 Å². The summed E-state index contributed by atoms with van der Waals surface area (Å²) in [5.41, 5.74) is 1.05. The number of nitrogens with one attached hydrogen (secondary N) is 2. The van der Waals surface area contributed by atoms with Crippen molar-refractivity contribution >= 4 is 30.7 Å². The van der Waals surface area contributed by atoms with Crippen molar-refractivity contribution < 1.29 is 4.79 Å². The van der Waals surface area contributed by atoms with Crippen molar-refractivity contribution in [1.29, 1.82) is 0 Å². The number of nitrogens with zero attached hydrogens (tertiary/aromatic N) is 1. The molecule has 1 aromatic rings. The second-order valence-electron chi connectivity index (χ2n) is 4.97. The highest BCUT2D eigenvalue weighted by atomic mass is 35.5. The van der Waals surface area contributed by atoms with E-state index in [0.717, 1.165) is 25.1 Å². The minimum atomic E-state index is 0. The fourth-order valence-corrected chi connectivity index (χ4v) is 2.33. The van der Waals surface area contributed by atoms with Gasteiger partial charge in [0.25, 0.3) is 0 Å². The quantitative estimate of drug-likeness (QED) is 0.876. The molecule has 20 heavy (non-hydrogen) atoms. The largest absolute Gasteiger partial charge is 0.350 e. The number of amides is 1. The number of pyridine rings is 1. The number of halogens is 2. The van der Waals surface area contributed by atoms with Crippen molar-refractivity contribution in [3.63, 3.8) is 0 Å². The molecule has 6 heteroatoms. The Hall–Kier alpha value is -0.840. The molecular weight excluding hydrogens is 297 g/mol. The number of rotatable bonds is 5. The average molecular weight is 320 g/mol. The van der Waals surface area contributed by atoms with E-state index in [-0.39, 0.29) is 36.8 Å². The molecule has 0 saturated carbocycles. The van der Waals surface area contributed by atoms with Crippen LogP contribution in [0.1, 0.15) is 37.8 Å². The van der Waals surface area contributed by atoms with Crippen molar-refractivity contribution in [2.24, 2.45) is 5.92 Å². The minimum Gasteiger partial charge on any atom is -0.350 e. The van der Waals surface area contributed by atoms with E-state index in [1.165, 1.54) is 6.42 Å². The van der Waals surface area contributed by atoms with Gasteiger partial charge in [0.05, 0.1) is 6.04 Å². The van der Waals surface area contributed by atoms with Crippen molar-refractivity contribution in [3.05, 3.63) is 30.1 Å². The number of hydrogen-bond acceptors (Lipinski definition) is 3. The Morgan fingerprint density at radius 2 is 2.35 bits per heavy atom. The summed E-state index contributed by atoms with van der Waals surface area (Å²) in [6.07, 6.45) is 6.35. The predicted octanol–water partition coefficient (Wildman–Crippen LogP) is 2.49. The van der Waals surface area contributed by atoms with Crippen LogP contribution in [0, 0.1) is 5.92 Å². The van der Waals surface area contributed by atoms with E-state index in [1.807, 2.05) is 19.1 Å². The third-order valence-electron chi connectivity index (χ3n) is 3.50. The summed E-state index contributed by atoms with van der Waals surface area (Å²) in [4.78, 5) is 15.9. The summed E-state index contributed by atoms with van der Waals surface area (Å²) in [6, 6.07) is 3.91. The number of aromatic nitrogens is 1. The third-order valence-corrected chi connectivity index (χ3v) is 3.50. The van der Waals surface area contributed by atoms with Gasteiger partial charge in [0.1, 0.15) is 0 Å². The maximum absolute atomic E-state index is 11.8. The van der Waals surface area contributed by atoms with E-state index in [2.05, 4.69) is 15.6 Å². The number of carbonyl (C=O) groups is 1. The molecule has 1 aliphatic rings. The minimum absolute atomic E-state index is 0. The standard InChI is InChI=1S/C14H21N3O.2ClH/c1-11(13-3-2-7-15-10-13)17-14(18)5-4-12-6-8-16-9-12;;/h2-3,7,10-12,16H,4-6,8-9H2,1H3,(H,17,18);2*1H/t11-,12?;;/m0../s1. The molecule has 0 radical (unpaired) electrons. The van der Waals surface area contributed by atoms with Gasteiger partial charge in [0, 0.05) is 18.8 Å². The first-order valence-corrected chi connectivity index (χ1v) is 6.65. The summed E-state index contributed by atoms with van der Waals surface area (Å²) in [5, 5.41) is 6.34. The van der Waals surface area contributed by atoms with E-state index in [4.69, 9.17) is 0 Å². The topological polar surface area (TPSA) is 54.0 Å². The highest BCUT2D eigenvalue weighted by Gasteiger charge is 2.16. The summed E-state index contributed by atoms with van der Waals surface area (Å²) in [6.45, 7) is 4.15. The Bertz CT molecular complexity index is 383. The first kappa shape index (κ1) is 19.2. The molecule has 1 saturated heterocycles. The van der Waals surface area contributed by atoms with Gasteiger partial charge in [-0.05, 0) is 50.4 Å². The normalized spacial score (nSPS) is 18.6. The Kier molecular flexibility index (Phi) is 9.55. The maximum Gasteiger partial charge on any atom is 0.220 e. The van der Waals surface area contributed by atoms with Gasteiger partial charge in [-0.25, -0.2) is 0 Å². The molecule has 114 valence electrons. The molecule has 0 spiro atoms. The molecule has 1 fully saturated rings. The molecular formula is C14H23Cl2N3O. The molecule has 1 aliphatic heterocycles. The van der Waals surface area contributed by atoms with E-state index >= 15 is 0 Å². The van der Waals surface area contributed by atoms with Crippen LogP contribution in [-0.4, -0.2) is 24.0 Å². The lowest BCUT2D eigenvalue weighted by Crippen LogP contribution is -2.27. The summed E-state index contributed by atoms with van der Waals surface area (Å²) in [7, 11) is 0. The lowest BCUT2D eigenvalue weighted by Gasteiger charge is -2.14. The van der Waals surface area contributed by atoms with Gasteiger partial charge in [0.2, 0.25) is 5.91 Å². The fraction of sp³-hybridized carbons (Fsp3) is 0.571.